The summed E-state index contributed by atoms with van der Waals surface area (Å²) in [5.41, 5.74) is 1.16. The maximum absolute atomic E-state index is 12.2. The molecule has 1 aromatic rings. The molecular weight excluding hydrogens is 408 g/mol. The Hall–Kier alpha value is -2.46. The standard InChI is InChI=1S/C20H28N4O5S/c1-30(28,29)23-11-8-15(9-12-23)14-21-19(26)20(27)22-16-5-4-6-17(13-16)24-10-3-2-7-18(24)25/h4-6,13,15H,2-3,7-12,14H2,1H3,(H,21,26)(H,22,27). The van der Waals surface area contributed by atoms with Gasteiger partial charge in [-0.05, 0) is 49.8 Å². The van der Waals surface area contributed by atoms with E-state index in [1.165, 1.54) is 10.6 Å². The number of carbonyl (C=O) groups excluding carboxylic acids is 3. The number of anilines is 2. The first-order valence-electron chi connectivity index (χ1n) is 10.2. The molecule has 2 N–H and O–H groups in total. The van der Waals surface area contributed by atoms with Crippen LogP contribution in [0.1, 0.15) is 32.1 Å². The Bertz CT molecular complexity index is 910. The lowest BCUT2D eigenvalue weighted by Crippen LogP contribution is -2.43. The van der Waals surface area contributed by atoms with Crippen LogP contribution in [0.4, 0.5) is 11.4 Å². The van der Waals surface area contributed by atoms with Crippen molar-refractivity contribution < 1.29 is 22.8 Å². The summed E-state index contributed by atoms with van der Waals surface area (Å²) in [6.45, 7) is 1.82. The molecule has 30 heavy (non-hydrogen) atoms. The summed E-state index contributed by atoms with van der Waals surface area (Å²) in [4.78, 5) is 38.2. The van der Waals surface area contributed by atoms with Crippen molar-refractivity contribution in [2.24, 2.45) is 5.92 Å². The fourth-order valence-corrected chi connectivity index (χ4v) is 4.65. The van der Waals surface area contributed by atoms with Crippen LogP contribution in [0.5, 0.6) is 0 Å². The molecule has 9 nitrogen and oxygen atoms in total. The topological polar surface area (TPSA) is 116 Å². The van der Waals surface area contributed by atoms with Gasteiger partial charge in [-0.15, -0.1) is 0 Å². The molecule has 0 radical (unpaired) electrons. The maximum Gasteiger partial charge on any atom is 0.313 e. The number of amides is 3. The summed E-state index contributed by atoms with van der Waals surface area (Å²) in [7, 11) is -3.19. The minimum Gasteiger partial charge on any atom is -0.348 e. The van der Waals surface area contributed by atoms with E-state index >= 15 is 0 Å². The molecule has 3 amide bonds. The lowest BCUT2D eigenvalue weighted by Gasteiger charge is -2.30. The van der Waals surface area contributed by atoms with Crippen molar-refractivity contribution in [3.05, 3.63) is 24.3 Å². The summed E-state index contributed by atoms with van der Waals surface area (Å²) in [5, 5.41) is 5.20. The van der Waals surface area contributed by atoms with Crippen LogP contribution >= 0.6 is 0 Å². The second-order valence-corrected chi connectivity index (χ2v) is 9.80. The number of nitrogens with one attached hydrogen (secondary N) is 2. The molecule has 0 aliphatic carbocycles. The van der Waals surface area contributed by atoms with Gasteiger partial charge in [-0.25, -0.2) is 12.7 Å². The molecule has 2 aliphatic heterocycles. The lowest BCUT2D eigenvalue weighted by atomic mass is 9.98. The van der Waals surface area contributed by atoms with Gasteiger partial charge in [0.25, 0.3) is 0 Å². The predicted octanol–water partition coefficient (Wildman–Crippen LogP) is 0.930. The van der Waals surface area contributed by atoms with Crippen molar-refractivity contribution >= 4 is 39.1 Å². The average Bonchev–Trinajstić information content (AvgIpc) is 2.72. The molecule has 2 fully saturated rings. The second-order valence-electron chi connectivity index (χ2n) is 7.82. The first-order chi connectivity index (χ1) is 14.2. The van der Waals surface area contributed by atoms with Gasteiger partial charge < -0.3 is 15.5 Å². The number of rotatable bonds is 5. The number of nitrogens with zero attached hydrogens (tertiary/aromatic N) is 2. The van der Waals surface area contributed by atoms with Crippen LogP contribution in [-0.2, 0) is 24.4 Å². The highest BCUT2D eigenvalue weighted by molar-refractivity contribution is 7.88. The molecule has 0 unspecified atom stereocenters. The number of hydrogen-bond acceptors (Lipinski definition) is 5. The molecule has 164 valence electrons. The number of hydrogen-bond donors (Lipinski definition) is 2. The number of piperidine rings is 2. The Morgan fingerprint density at radius 3 is 2.50 bits per heavy atom. The van der Waals surface area contributed by atoms with E-state index in [9.17, 15) is 22.8 Å². The molecule has 0 spiro atoms. The molecule has 2 saturated heterocycles. The van der Waals surface area contributed by atoms with Crippen molar-refractivity contribution in [2.75, 3.05) is 42.7 Å². The molecular formula is C20H28N4O5S. The third kappa shape index (κ3) is 5.79. The highest BCUT2D eigenvalue weighted by Crippen LogP contribution is 2.24. The average molecular weight is 437 g/mol. The van der Waals surface area contributed by atoms with E-state index in [0.29, 0.717) is 56.8 Å². The summed E-state index contributed by atoms with van der Waals surface area (Å²) in [5.74, 6) is -1.32. The summed E-state index contributed by atoms with van der Waals surface area (Å²) >= 11 is 0. The molecule has 0 aromatic heterocycles. The SMILES string of the molecule is CS(=O)(=O)N1CCC(CNC(=O)C(=O)Nc2cccc(N3CCCCC3=O)c2)CC1. The molecule has 2 aliphatic rings. The van der Waals surface area contributed by atoms with Gasteiger partial charge in [-0.3, -0.25) is 14.4 Å². The van der Waals surface area contributed by atoms with Gasteiger partial charge in [0.2, 0.25) is 15.9 Å². The maximum atomic E-state index is 12.2. The van der Waals surface area contributed by atoms with Gasteiger partial charge in [0.15, 0.2) is 0 Å². The van der Waals surface area contributed by atoms with Crippen molar-refractivity contribution in [3.63, 3.8) is 0 Å². The van der Waals surface area contributed by atoms with Gasteiger partial charge in [0, 0.05) is 44.0 Å². The number of sulfonamides is 1. The largest absolute Gasteiger partial charge is 0.348 e. The van der Waals surface area contributed by atoms with Crippen LogP contribution in [0, 0.1) is 5.92 Å². The molecule has 2 heterocycles. The van der Waals surface area contributed by atoms with Crippen LogP contribution in [0.15, 0.2) is 24.3 Å². The van der Waals surface area contributed by atoms with Crippen LogP contribution in [0.3, 0.4) is 0 Å². The fourth-order valence-electron chi connectivity index (χ4n) is 3.78. The first-order valence-corrected chi connectivity index (χ1v) is 12.0. The molecule has 0 atom stereocenters. The lowest BCUT2D eigenvalue weighted by molar-refractivity contribution is -0.136. The highest BCUT2D eigenvalue weighted by atomic mass is 32.2. The number of carbonyl (C=O) groups is 3. The van der Waals surface area contributed by atoms with E-state index in [1.807, 2.05) is 6.07 Å². The Morgan fingerprint density at radius 2 is 1.83 bits per heavy atom. The Kier molecular flexibility index (Phi) is 7.09. The van der Waals surface area contributed by atoms with Crippen molar-refractivity contribution in [1.82, 2.24) is 9.62 Å². The highest BCUT2D eigenvalue weighted by Gasteiger charge is 2.26. The smallest absolute Gasteiger partial charge is 0.313 e. The summed E-state index contributed by atoms with van der Waals surface area (Å²) in [6.07, 6.45) is 4.81. The van der Waals surface area contributed by atoms with Gasteiger partial charge >= 0.3 is 11.8 Å². The normalized spacial score (nSPS) is 18.8. The third-order valence-corrected chi connectivity index (χ3v) is 6.84. The van der Waals surface area contributed by atoms with Crippen LogP contribution < -0.4 is 15.5 Å². The Balaban J connectivity index is 1.48. The zero-order chi connectivity index (χ0) is 21.7. The van der Waals surface area contributed by atoms with E-state index in [4.69, 9.17) is 0 Å². The van der Waals surface area contributed by atoms with Crippen LogP contribution in [-0.4, -0.2) is 62.9 Å². The zero-order valence-electron chi connectivity index (χ0n) is 17.1. The molecule has 0 saturated carbocycles. The van der Waals surface area contributed by atoms with Crippen molar-refractivity contribution in [3.8, 4) is 0 Å². The van der Waals surface area contributed by atoms with E-state index < -0.39 is 21.8 Å². The van der Waals surface area contributed by atoms with Gasteiger partial charge in [0.05, 0.1) is 6.26 Å². The Labute approximate surface area is 176 Å². The summed E-state index contributed by atoms with van der Waals surface area (Å²) in [6, 6.07) is 6.90. The van der Waals surface area contributed by atoms with Crippen LogP contribution in [0.2, 0.25) is 0 Å². The minimum absolute atomic E-state index is 0.0596. The molecule has 3 rings (SSSR count). The van der Waals surface area contributed by atoms with Crippen molar-refractivity contribution in [1.29, 1.82) is 0 Å². The monoisotopic (exact) mass is 436 g/mol. The minimum atomic E-state index is -3.19. The van der Waals surface area contributed by atoms with Gasteiger partial charge in [-0.1, -0.05) is 6.07 Å². The van der Waals surface area contributed by atoms with E-state index in [0.717, 1.165) is 12.8 Å². The van der Waals surface area contributed by atoms with Gasteiger partial charge in [-0.2, -0.15) is 0 Å². The first kappa shape index (κ1) is 22.2. The van der Waals surface area contributed by atoms with Gasteiger partial charge in [0.1, 0.15) is 0 Å². The van der Waals surface area contributed by atoms with Crippen LogP contribution in [0.25, 0.3) is 0 Å². The van der Waals surface area contributed by atoms with E-state index in [-0.39, 0.29) is 11.8 Å². The van der Waals surface area contributed by atoms with E-state index in [1.54, 1.807) is 23.1 Å². The predicted molar refractivity (Wildman–Crippen MR) is 113 cm³/mol. The van der Waals surface area contributed by atoms with Crippen molar-refractivity contribution in [2.45, 2.75) is 32.1 Å². The zero-order valence-corrected chi connectivity index (χ0v) is 17.9. The third-order valence-electron chi connectivity index (χ3n) is 5.54. The second kappa shape index (κ2) is 9.57. The Morgan fingerprint density at radius 1 is 1.10 bits per heavy atom. The summed E-state index contributed by atoms with van der Waals surface area (Å²) < 4.78 is 24.5. The molecule has 0 bridgehead atoms. The molecule has 10 heteroatoms. The number of benzene rings is 1. The quantitative estimate of drug-likeness (QED) is 0.666. The van der Waals surface area contributed by atoms with E-state index in [2.05, 4.69) is 10.6 Å². The molecule has 1 aromatic carbocycles. The fraction of sp³-hybridized carbons (Fsp3) is 0.550.